The lowest BCUT2D eigenvalue weighted by Gasteiger charge is -2.58. The van der Waals surface area contributed by atoms with Crippen molar-refractivity contribution in [3.05, 3.63) is 23.3 Å². The van der Waals surface area contributed by atoms with Gasteiger partial charge in [-0.05, 0) is 80.5 Å². The van der Waals surface area contributed by atoms with Crippen LogP contribution < -0.4 is 9.47 Å². The summed E-state index contributed by atoms with van der Waals surface area (Å²) >= 11 is 6.84. The molecule has 0 amide bonds. The van der Waals surface area contributed by atoms with Crippen LogP contribution in [0.15, 0.2) is 12.1 Å². The van der Waals surface area contributed by atoms with Crippen molar-refractivity contribution in [3.8, 4) is 11.5 Å². The fraction of sp³-hybridized carbons (Fsp3) is 0.667. The average molecular weight is 379 g/mol. The SMILES string of the molecule is COc1cc(C)c(COC(=O)C23C[C@@H]4C[C@@H](CC(Cl)(C4)C2)C3)cc1OC. The monoisotopic (exact) mass is 378 g/mol. The van der Waals surface area contributed by atoms with Crippen LogP contribution in [0.5, 0.6) is 11.5 Å². The van der Waals surface area contributed by atoms with E-state index in [1.807, 2.05) is 19.1 Å². The van der Waals surface area contributed by atoms with Gasteiger partial charge in [0, 0.05) is 4.87 Å². The van der Waals surface area contributed by atoms with Crippen molar-refractivity contribution in [3.63, 3.8) is 0 Å². The van der Waals surface area contributed by atoms with Crippen molar-refractivity contribution in [2.75, 3.05) is 14.2 Å². The number of ether oxygens (including phenoxy) is 3. The average Bonchev–Trinajstić information content (AvgIpc) is 2.57. The van der Waals surface area contributed by atoms with E-state index >= 15 is 0 Å². The van der Waals surface area contributed by atoms with Gasteiger partial charge in [-0.3, -0.25) is 4.79 Å². The lowest BCUT2D eigenvalue weighted by molar-refractivity contribution is -0.171. The smallest absolute Gasteiger partial charge is 0.312 e. The standard InChI is InChI=1S/C21H27ClO4/c1-13-4-17(24-2)18(25-3)6-16(13)11-26-19(23)20-7-14-5-15(8-20)10-21(22,9-14)12-20/h4,6,14-15H,5,7-12H2,1-3H3/t14-,15+,20?,21?. The van der Waals surface area contributed by atoms with Crippen LogP contribution in [0, 0.1) is 24.2 Å². The highest BCUT2D eigenvalue weighted by Crippen LogP contribution is 2.64. The number of benzene rings is 1. The van der Waals surface area contributed by atoms with Crippen molar-refractivity contribution in [1.82, 2.24) is 0 Å². The fourth-order valence-corrected chi connectivity index (χ4v) is 6.56. The second kappa shape index (κ2) is 6.33. The molecule has 5 heteroatoms. The second-order valence-electron chi connectivity index (χ2n) is 8.60. The Morgan fingerprint density at radius 1 is 1.12 bits per heavy atom. The molecule has 0 spiro atoms. The highest BCUT2D eigenvalue weighted by atomic mass is 35.5. The van der Waals surface area contributed by atoms with Gasteiger partial charge in [0.1, 0.15) is 6.61 Å². The minimum atomic E-state index is -0.365. The number of halogens is 1. The van der Waals surface area contributed by atoms with E-state index in [0.717, 1.165) is 43.2 Å². The van der Waals surface area contributed by atoms with E-state index in [1.165, 1.54) is 6.42 Å². The van der Waals surface area contributed by atoms with E-state index in [9.17, 15) is 4.79 Å². The summed E-state index contributed by atoms with van der Waals surface area (Å²) in [5, 5.41) is 0. The molecule has 4 saturated carbocycles. The van der Waals surface area contributed by atoms with E-state index in [2.05, 4.69) is 0 Å². The molecular formula is C21H27ClO4. The molecule has 4 atom stereocenters. The summed E-state index contributed by atoms with van der Waals surface area (Å²) in [6, 6.07) is 3.81. The fourth-order valence-electron chi connectivity index (χ4n) is 5.86. The predicted molar refractivity (Wildman–Crippen MR) is 99.8 cm³/mol. The Morgan fingerprint density at radius 2 is 1.73 bits per heavy atom. The zero-order valence-electron chi connectivity index (χ0n) is 15.8. The second-order valence-corrected chi connectivity index (χ2v) is 9.40. The van der Waals surface area contributed by atoms with E-state index in [4.69, 9.17) is 25.8 Å². The van der Waals surface area contributed by atoms with Crippen LogP contribution in [0.4, 0.5) is 0 Å². The van der Waals surface area contributed by atoms with E-state index in [0.29, 0.717) is 23.3 Å². The van der Waals surface area contributed by atoms with Crippen molar-refractivity contribution < 1.29 is 19.0 Å². The molecular weight excluding hydrogens is 352 g/mol. The van der Waals surface area contributed by atoms with E-state index in [1.54, 1.807) is 14.2 Å². The first-order valence-electron chi connectivity index (χ1n) is 9.44. The van der Waals surface area contributed by atoms with Gasteiger partial charge in [0.15, 0.2) is 11.5 Å². The Kier molecular flexibility index (Phi) is 4.37. The number of rotatable bonds is 5. The number of alkyl halides is 1. The number of hydrogen-bond donors (Lipinski definition) is 0. The van der Waals surface area contributed by atoms with Gasteiger partial charge in [-0.15, -0.1) is 11.6 Å². The van der Waals surface area contributed by atoms with E-state index in [-0.39, 0.29) is 22.9 Å². The largest absolute Gasteiger partial charge is 0.493 e. The van der Waals surface area contributed by atoms with Gasteiger partial charge in [0.25, 0.3) is 0 Å². The van der Waals surface area contributed by atoms with Gasteiger partial charge in [-0.25, -0.2) is 0 Å². The van der Waals surface area contributed by atoms with Crippen LogP contribution in [0.2, 0.25) is 0 Å². The molecule has 142 valence electrons. The minimum absolute atomic E-state index is 0.0641. The summed E-state index contributed by atoms with van der Waals surface area (Å²) in [5.74, 6) is 2.45. The van der Waals surface area contributed by atoms with Gasteiger partial charge in [0.2, 0.25) is 0 Å². The van der Waals surface area contributed by atoms with Gasteiger partial charge >= 0.3 is 5.97 Å². The van der Waals surface area contributed by atoms with Crippen molar-refractivity contribution in [2.24, 2.45) is 17.3 Å². The Hall–Kier alpha value is -1.42. The Morgan fingerprint density at radius 3 is 2.31 bits per heavy atom. The number of aryl methyl sites for hydroxylation is 1. The van der Waals surface area contributed by atoms with Crippen LogP contribution in [-0.4, -0.2) is 25.1 Å². The molecule has 2 unspecified atom stereocenters. The lowest BCUT2D eigenvalue weighted by Crippen LogP contribution is -2.56. The molecule has 0 saturated heterocycles. The first kappa shape index (κ1) is 18.0. The maximum Gasteiger partial charge on any atom is 0.312 e. The Labute approximate surface area is 160 Å². The van der Waals surface area contributed by atoms with Crippen LogP contribution in [0.3, 0.4) is 0 Å². The number of methoxy groups -OCH3 is 2. The first-order valence-corrected chi connectivity index (χ1v) is 9.82. The molecule has 1 aromatic rings. The van der Waals surface area contributed by atoms with Gasteiger partial charge < -0.3 is 14.2 Å². The van der Waals surface area contributed by atoms with Gasteiger partial charge in [-0.2, -0.15) is 0 Å². The maximum atomic E-state index is 13.1. The number of esters is 1. The molecule has 0 heterocycles. The molecule has 4 aliphatic carbocycles. The molecule has 4 bridgehead atoms. The molecule has 5 rings (SSSR count). The van der Waals surface area contributed by atoms with Crippen LogP contribution >= 0.6 is 11.6 Å². The highest BCUT2D eigenvalue weighted by molar-refractivity contribution is 6.24. The summed E-state index contributed by atoms with van der Waals surface area (Å²) in [5.41, 5.74) is 1.60. The summed E-state index contributed by atoms with van der Waals surface area (Å²) in [6.45, 7) is 2.25. The van der Waals surface area contributed by atoms with Crippen molar-refractivity contribution in [2.45, 2.75) is 56.9 Å². The summed E-state index contributed by atoms with van der Waals surface area (Å²) in [7, 11) is 3.23. The molecule has 26 heavy (non-hydrogen) atoms. The predicted octanol–water partition coefficient (Wildman–Crippen LogP) is 4.63. The summed E-state index contributed by atoms with van der Waals surface area (Å²) in [4.78, 5) is 12.9. The molecule has 4 aliphatic rings. The van der Waals surface area contributed by atoms with Crippen molar-refractivity contribution >= 4 is 17.6 Å². The van der Waals surface area contributed by atoms with Gasteiger partial charge in [-0.1, -0.05) is 0 Å². The topological polar surface area (TPSA) is 44.8 Å². The molecule has 4 nitrogen and oxygen atoms in total. The Bertz CT molecular complexity index is 715. The quantitative estimate of drug-likeness (QED) is 0.553. The molecule has 4 fully saturated rings. The van der Waals surface area contributed by atoms with Crippen LogP contribution in [0.1, 0.15) is 49.7 Å². The third kappa shape index (κ3) is 2.96. The maximum absolute atomic E-state index is 13.1. The molecule has 0 aromatic heterocycles. The van der Waals surface area contributed by atoms with Crippen LogP contribution in [-0.2, 0) is 16.1 Å². The first-order chi connectivity index (χ1) is 12.4. The third-order valence-electron chi connectivity index (χ3n) is 6.62. The third-order valence-corrected chi connectivity index (χ3v) is 7.07. The Balaban J connectivity index is 1.50. The molecule has 1 aromatic carbocycles. The van der Waals surface area contributed by atoms with Gasteiger partial charge in [0.05, 0.1) is 19.6 Å². The zero-order chi connectivity index (χ0) is 18.5. The van der Waals surface area contributed by atoms with E-state index < -0.39 is 0 Å². The number of hydrogen-bond acceptors (Lipinski definition) is 4. The molecule has 0 radical (unpaired) electrons. The normalized spacial score (nSPS) is 34.6. The molecule has 0 N–H and O–H groups in total. The lowest BCUT2D eigenvalue weighted by atomic mass is 9.49. The summed E-state index contributed by atoms with van der Waals surface area (Å²) in [6.07, 6.45) is 6.03. The van der Waals surface area contributed by atoms with Crippen molar-refractivity contribution in [1.29, 1.82) is 0 Å². The molecule has 0 aliphatic heterocycles. The minimum Gasteiger partial charge on any atom is -0.493 e. The van der Waals surface area contributed by atoms with Crippen LogP contribution in [0.25, 0.3) is 0 Å². The summed E-state index contributed by atoms with van der Waals surface area (Å²) < 4.78 is 16.5. The zero-order valence-corrected chi connectivity index (χ0v) is 16.5. The number of carbonyl (C=O) groups is 1. The highest BCUT2D eigenvalue weighted by Gasteiger charge is 2.60. The number of carbonyl (C=O) groups excluding carboxylic acids is 1.